The molecular formula is C21H32FIN6. The number of halogens is 2. The third-order valence-corrected chi connectivity index (χ3v) is 5.10. The summed E-state index contributed by atoms with van der Waals surface area (Å²) < 4.78 is 16.2. The van der Waals surface area contributed by atoms with Crippen LogP contribution in [0.5, 0.6) is 0 Å². The predicted octanol–water partition coefficient (Wildman–Crippen LogP) is 3.52. The SMILES string of the molecule is CCNC(=NCCCCn1ccnc1C)N1CCN(c2ccccc2F)CC1.I. The van der Waals surface area contributed by atoms with E-state index in [0.717, 1.165) is 70.4 Å². The number of hydrogen-bond acceptors (Lipinski definition) is 3. The molecule has 0 saturated carbocycles. The van der Waals surface area contributed by atoms with Crippen LogP contribution in [0.1, 0.15) is 25.6 Å². The molecule has 0 amide bonds. The van der Waals surface area contributed by atoms with Gasteiger partial charge >= 0.3 is 0 Å². The van der Waals surface area contributed by atoms with E-state index >= 15 is 0 Å². The van der Waals surface area contributed by atoms with E-state index in [-0.39, 0.29) is 29.8 Å². The first kappa shape index (κ1) is 23.4. The number of nitrogens with zero attached hydrogens (tertiary/aromatic N) is 5. The van der Waals surface area contributed by atoms with Crippen LogP contribution in [0, 0.1) is 12.7 Å². The Kier molecular flexibility index (Phi) is 9.69. The van der Waals surface area contributed by atoms with Crippen LogP contribution in [0.15, 0.2) is 41.7 Å². The lowest BCUT2D eigenvalue weighted by molar-refractivity contribution is 0.370. The van der Waals surface area contributed by atoms with E-state index in [1.54, 1.807) is 6.07 Å². The minimum atomic E-state index is -0.148. The molecule has 0 bridgehead atoms. The van der Waals surface area contributed by atoms with Crippen molar-refractivity contribution in [1.29, 1.82) is 0 Å². The van der Waals surface area contributed by atoms with Gasteiger partial charge in [-0.1, -0.05) is 12.1 Å². The molecule has 0 unspecified atom stereocenters. The number of anilines is 1. The van der Waals surface area contributed by atoms with Gasteiger partial charge in [0.25, 0.3) is 0 Å². The lowest BCUT2D eigenvalue weighted by atomic mass is 10.2. The molecule has 160 valence electrons. The van der Waals surface area contributed by atoms with Gasteiger partial charge in [0.2, 0.25) is 0 Å². The van der Waals surface area contributed by atoms with Crippen molar-refractivity contribution in [2.24, 2.45) is 4.99 Å². The van der Waals surface area contributed by atoms with Gasteiger partial charge in [-0.15, -0.1) is 24.0 Å². The number of imidazole rings is 1. The quantitative estimate of drug-likeness (QED) is 0.266. The number of unbranched alkanes of at least 4 members (excludes halogenated alkanes) is 1. The predicted molar refractivity (Wildman–Crippen MR) is 128 cm³/mol. The van der Waals surface area contributed by atoms with Gasteiger partial charge in [0.05, 0.1) is 5.69 Å². The zero-order valence-electron chi connectivity index (χ0n) is 17.4. The zero-order valence-corrected chi connectivity index (χ0v) is 19.7. The van der Waals surface area contributed by atoms with Crippen LogP contribution in [0.2, 0.25) is 0 Å². The van der Waals surface area contributed by atoms with Crippen LogP contribution < -0.4 is 10.2 Å². The van der Waals surface area contributed by atoms with Crippen molar-refractivity contribution in [1.82, 2.24) is 19.8 Å². The number of aromatic nitrogens is 2. The molecule has 1 aliphatic rings. The second kappa shape index (κ2) is 12.0. The summed E-state index contributed by atoms with van der Waals surface area (Å²) >= 11 is 0. The number of aliphatic imine (C=N–C) groups is 1. The molecule has 1 aliphatic heterocycles. The van der Waals surface area contributed by atoms with Gasteiger partial charge in [-0.3, -0.25) is 4.99 Å². The number of aryl methyl sites for hydroxylation is 2. The molecule has 8 heteroatoms. The summed E-state index contributed by atoms with van der Waals surface area (Å²) in [5.41, 5.74) is 0.693. The minimum Gasteiger partial charge on any atom is -0.366 e. The molecule has 2 heterocycles. The highest BCUT2D eigenvalue weighted by Gasteiger charge is 2.21. The van der Waals surface area contributed by atoms with E-state index < -0.39 is 0 Å². The molecular weight excluding hydrogens is 482 g/mol. The molecule has 3 rings (SSSR count). The van der Waals surface area contributed by atoms with Crippen LogP contribution in [-0.2, 0) is 6.54 Å². The van der Waals surface area contributed by atoms with Gasteiger partial charge in [-0.05, 0) is 38.8 Å². The summed E-state index contributed by atoms with van der Waals surface area (Å²) in [6.45, 7) is 10.0. The van der Waals surface area contributed by atoms with E-state index in [1.807, 2.05) is 31.5 Å². The highest BCUT2D eigenvalue weighted by atomic mass is 127. The van der Waals surface area contributed by atoms with Crippen molar-refractivity contribution < 1.29 is 4.39 Å². The number of hydrogen-bond donors (Lipinski definition) is 1. The van der Waals surface area contributed by atoms with Crippen molar-refractivity contribution in [2.75, 3.05) is 44.2 Å². The summed E-state index contributed by atoms with van der Waals surface area (Å²) in [5, 5.41) is 3.40. The second-order valence-corrected chi connectivity index (χ2v) is 7.04. The number of guanidine groups is 1. The van der Waals surface area contributed by atoms with Crippen molar-refractivity contribution in [3.63, 3.8) is 0 Å². The molecule has 0 atom stereocenters. The summed E-state index contributed by atoms with van der Waals surface area (Å²) in [7, 11) is 0. The van der Waals surface area contributed by atoms with E-state index in [0.29, 0.717) is 5.69 Å². The smallest absolute Gasteiger partial charge is 0.194 e. The lowest BCUT2D eigenvalue weighted by Crippen LogP contribution is -2.52. The Morgan fingerprint density at radius 2 is 1.93 bits per heavy atom. The molecule has 1 N–H and O–H groups in total. The highest BCUT2D eigenvalue weighted by molar-refractivity contribution is 14.0. The third-order valence-electron chi connectivity index (χ3n) is 5.10. The molecule has 29 heavy (non-hydrogen) atoms. The Morgan fingerprint density at radius 3 is 2.59 bits per heavy atom. The van der Waals surface area contributed by atoms with Crippen molar-refractivity contribution in [3.05, 3.63) is 48.3 Å². The molecule has 1 fully saturated rings. The van der Waals surface area contributed by atoms with Crippen LogP contribution >= 0.6 is 24.0 Å². The van der Waals surface area contributed by atoms with Crippen molar-refractivity contribution in [2.45, 2.75) is 33.2 Å². The Balaban J connectivity index is 0.00000300. The Labute approximate surface area is 190 Å². The number of rotatable bonds is 7. The van der Waals surface area contributed by atoms with Gasteiger partial charge in [-0.25, -0.2) is 9.37 Å². The van der Waals surface area contributed by atoms with E-state index in [4.69, 9.17) is 4.99 Å². The summed E-state index contributed by atoms with van der Waals surface area (Å²) in [6.07, 6.45) is 6.00. The fraction of sp³-hybridized carbons (Fsp3) is 0.524. The molecule has 0 aliphatic carbocycles. The first-order valence-corrected chi connectivity index (χ1v) is 10.2. The number of nitrogens with one attached hydrogen (secondary N) is 1. The molecule has 0 spiro atoms. The van der Waals surface area contributed by atoms with Gasteiger partial charge in [0, 0.05) is 58.2 Å². The molecule has 1 aromatic heterocycles. The van der Waals surface area contributed by atoms with Gasteiger partial charge in [0.15, 0.2) is 5.96 Å². The molecule has 6 nitrogen and oxygen atoms in total. The fourth-order valence-corrected chi connectivity index (χ4v) is 3.51. The number of benzene rings is 1. The maximum Gasteiger partial charge on any atom is 0.194 e. The fourth-order valence-electron chi connectivity index (χ4n) is 3.51. The average Bonchev–Trinajstić information content (AvgIpc) is 3.12. The average molecular weight is 514 g/mol. The lowest BCUT2D eigenvalue weighted by Gasteiger charge is -2.37. The topological polar surface area (TPSA) is 48.7 Å². The molecule has 1 aromatic carbocycles. The summed E-state index contributed by atoms with van der Waals surface area (Å²) in [6, 6.07) is 7.01. The van der Waals surface area contributed by atoms with Gasteiger partial charge < -0.3 is 19.7 Å². The third kappa shape index (κ3) is 6.58. The zero-order chi connectivity index (χ0) is 19.8. The molecule has 1 saturated heterocycles. The van der Waals surface area contributed by atoms with Gasteiger partial charge in [0.1, 0.15) is 11.6 Å². The number of para-hydroxylation sites is 1. The largest absolute Gasteiger partial charge is 0.366 e. The van der Waals surface area contributed by atoms with Gasteiger partial charge in [-0.2, -0.15) is 0 Å². The monoisotopic (exact) mass is 514 g/mol. The van der Waals surface area contributed by atoms with E-state index in [2.05, 4.69) is 31.6 Å². The van der Waals surface area contributed by atoms with Crippen LogP contribution in [0.25, 0.3) is 0 Å². The van der Waals surface area contributed by atoms with Crippen LogP contribution in [-0.4, -0.2) is 59.7 Å². The maximum absolute atomic E-state index is 14.0. The van der Waals surface area contributed by atoms with Crippen molar-refractivity contribution in [3.8, 4) is 0 Å². The summed E-state index contributed by atoms with van der Waals surface area (Å²) in [5.74, 6) is 1.88. The summed E-state index contributed by atoms with van der Waals surface area (Å²) in [4.78, 5) is 13.5. The van der Waals surface area contributed by atoms with Crippen LogP contribution in [0.4, 0.5) is 10.1 Å². The molecule has 2 aromatic rings. The number of piperazine rings is 1. The standard InChI is InChI=1S/C21H31FN6.HI/c1-3-23-21(25-10-6-7-12-26-13-11-24-18(26)2)28-16-14-27(15-17-28)20-9-5-4-8-19(20)22;/h4-5,8-9,11,13H,3,6-7,10,12,14-17H2,1-2H3,(H,23,25);1H. The Hall–Kier alpha value is -1.84. The minimum absolute atomic E-state index is 0. The normalized spacial score (nSPS) is 14.7. The van der Waals surface area contributed by atoms with E-state index in [9.17, 15) is 4.39 Å². The first-order chi connectivity index (χ1) is 13.7. The van der Waals surface area contributed by atoms with Crippen molar-refractivity contribution >= 4 is 35.6 Å². The highest BCUT2D eigenvalue weighted by Crippen LogP contribution is 2.20. The van der Waals surface area contributed by atoms with Crippen LogP contribution in [0.3, 0.4) is 0 Å². The molecule has 0 radical (unpaired) electrons. The second-order valence-electron chi connectivity index (χ2n) is 7.04. The Morgan fingerprint density at radius 1 is 1.17 bits per heavy atom. The van der Waals surface area contributed by atoms with E-state index in [1.165, 1.54) is 6.07 Å². The Bertz CT molecular complexity index is 770. The first-order valence-electron chi connectivity index (χ1n) is 10.2. The maximum atomic E-state index is 14.0.